The monoisotopic (exact) mass is 576 g/mol. The normalized spacial score (nSPS) is 11.5. The highest BCUT2D eigenvalue weighted by Gasteiger charge is 2.36. The molecular weight excluding hydrogens is 557 g/mol. The summed E-state index contributed by atoms with van der Waals surface area (Å²) < 4.78 is 51.2. The van der Waals surface area contributed by atoms with Crippen molar-refractivity contribution in [3.05, 3.63) is 43.6 Å². The fraction of sp³-hybridized carbons (Fsp3) is 0.381. The van der Waals surface area contributed by atoms with Gasteiger partial charge in [0.2, 0.25) is 0 Å². The highest BCUT2D eigenvalue weighted by atomic mass is 79.9. The van der Waals surface area contributed by atoms with Crippen molar-refractivity contribution in [3.8, 4) is 0 Å². The van der Waals surface area contributed by atoms with Crippen LogP contribution in [0.2, 0.25) is 0 Å². The molecule has 0 aliphatic rings. The summed E-state index contributed by atoms with van der Waals surface area (Å²) in [5.74, 6) is -2.38. The molecule has 3 heterocycles. The van der Waals surface area contributed by atoms with Gasteiger partial charge >= 0.3 is 18.1 Å². The summed E-state index contributed by atoms with van der Waals surface area (Å²) in [6.07, 6.45) is -4.20. The molecule has 0 spiro atoms. The molecule has 1 amide bonds. The Bertz CT molecular complexity index is 1320. The molecule has 0 fully saturated rings. The third kappa shape index (κ3) is 5.32. The van der Waals surface area contributed by atoms with E-state index in [0.717, 1.165) is 17.4 Å². The highest BCUT2D eigenvalue weighted by molar-refractivity contribution is 9.10. The molecule has 0 aliphatic heterocycles. The Morgan fingerprint density at radius 3 is 2.46 bits per heavy atom. The Labute approximate surface area is 209 Å². The number of halogens is 4. The van der Waals surface area contributed by atoms with Gasteiger partial charge in [0.1, 0.15) is 15.6 Å². The Hall–Kier alpha value is -3.00. The molecule has 3 aromatic rings. The van der Waals surface area contributed by atoms with Crippen LogP contribution in [0.25, 0.3) is 5.65 Å². The lowest BCUT2D eigenvalue weighted by atomic mass is 10.1. The maximum absolute atomic E-state index is 13.5. The van der Waals surface area contributed by atoms with E-state index >= 15 is 0 Å². The lowest BCUT2D eigenvalue weighted by Crippen LogP contribution is -2.17. The van der Waals surface area contributed by atoms with Crippen molar-refractivity contribution in [1.29, 1.82) is 0 Å². The average Bonchev–Trinajstić information content (AvgIpc) is 3.28. The molecule has 0 aromatic carbocycles. The van der Waals surface area contributed by atoms with Gasteiger partial charge in [-0.05, 0) is 54.8 Å². The van der Waals surface area contributed by atoms with Gasteiger partial charge in [-0.25, -0.2) is 19.1 Å². The molecule has 0 radical (unpaired) electrons. The maximum Gasteiger partial charge on any atom is 0.433 e. The van der Waals surface area contributed by atoms with E-state index in [1.165, 1.54) is 13.8 Å². The number of anilines is 1. The van der Waals surface area contributed by atoms with Gasteiger partial charge in [-0.3, -0.25) is 4.79 Å². The summed E-state index contributed by atoms with van der Waals surface area (Å²) in [7, 11) is 0. The Kier molecular flexibility index (Phi) is 7.84. The number of rotatable bonds is 7. The fourth-order valence-electron chi connectivity index (χ4n) is 3.13. The number of carbonyl (C=O) groups is 3. The molecular formula is C21H20BrF3N4O5S. The van der Waals surface area contributed by atoms with Gasteiger partial charge in [0.15, 0.2) is 11.3 Å². The number of thiophene rings is 1. The number of nitrogens with one attached hydrogen (secondary N) is 1. The van der Waals surface area contributed by atoms with E-state index in [1.807, 2.05) is 0 Å². The zero-order valence-corrected chi connectivity index (χ0v) is 21.4. The van der Waals surface area contributed by atoms with Gasteiger partial charge in [0.25, 0.3) is 5.91 Å². The number of fused-ring (bicyclic) bond motifs is 1. The van der Waals surface area contributed by atoms with Crippen molar-refractivity contribution in [1.82, 2.24) is 14.6 Å². The molecule has 9 nitrogen and oxygen atoms in total. The molecule has 14 heteroatoms. The highest BCUT2D eigenvalue weighted by Crippen LogP contribution is 2.36. The van der Waals surface area contributed by atoms with Gasteiger partial charge < -0.3 is 14.8 Å². The zero-order chi connectivity index (χ0) is 26.1. The molecule has 3 aromatic heterocycles. The number of aromatic nitrogens is 3. The van der Waals surface area contributed by atoms with E-state index in [0.29, 0.717) is 10.9 Å². The van der Waals surface area contributed by atoms with Crippen molar-refractivity contribution in [2.45, 2.75) is 40.3 Å². The number of aryl methyl sites for hydroxylation is 1. The van der Waals surface area contributed by atoms with E-state index in [-0.39, 0.29) is 50.0 Å². The minimum Gasteiger partial charge on any atom is -0.462 e. The van der Waals surface area contributed by atoms with Crippen LogP contribution in [0.5, 0.6) is 0 Å². The third-order valence-corrected chi connectivity index (χ3v) is 6.56. The molecule has 0 saturated heterocycles. The first-order valence-corrected chi connectivity index (χ1v) is 11.9. The summed E-state index contributed by atoms with van der Waals surface area (Å²) in [5, 5.41) is 6.25. The van der Waals surface area contributed by atoms with Gasteiger partial charge in [0, 0.05) is 5.69 Å². The number of nitrogens with zero attached hydrogens (tertiary/aromatic N) is 3. The molecule has 0 bridgehead atoms. The first-order valence-electron chi connectivity index (χ1n) is 10.3. The predicted molar refractivity (Wildman–Crippen MR) is 124 cm³/mol. The lowest BCUT2D eigenvalue weighted by Gasteiger charge is -2.09. The number of ether oxygens (including phenoxy) is 2. The molecule has 188 valence electrons. The Morgan fingerprint density at radius 2 is 1.86 bits per heavy atom. The molecule has 35 heavy (non-hydrogen) atoms. The third-order valence-electron chi connectivity index (χ3n) is 4.64. The maximum atomic E-state index is 13.5. The van der Waals surface area contributed by atoms with Crippen molar-refractivity contribution < 1.29 is 37.0 Å². The predicted octanol–water partition coefficient (Wildman–Crippen LogP) is 5.18. The van der Waals surface area contributed by atoms with Crippen LogP contribution in [0.1, 0.15) is 67.7 Å². The quantitative estimate of drug-likeness (QED) is 0.385. The lowest BCUT2D eigenvalue weighted by molar-refractivity contribution is -0.142. The van der Waals surface area contributed by atoms with Crippen molar-refractivity contribution in [3.63, 3.8) is 0 Å². The summed E-state index contributed by atoms with van der Waals surface area (Å²) in [6.45, 7) is 6.51. The van der Waals surface area contributed by atoms with Crippen LogP contribution in [0, 0.1) is 13.8 Å². The number of carbonyl (C=O) groups excluding carboxylic acids is 3. The van der Waals surface area contributed by atoms with Crippen LogP contribution in [0.15, 0.2) is 10.5 Å². The average molecular weight is 577 g/mol. The van der Waals surface area contributed by atoms with Gasteiger partial charge in [0.05, 0.1) is 23.2 Å². The largest absolute Gasteiger partial charge is 0.462 e. The zero-order valence-electron chi connectivity index (χ0n) is 19.0. The van der Waals surface area contributed by atoms with Crippen LogP contribution in [0.4, 0.5) is 18.2 Å². The number of hydrogen-bond donors (Lipinski definition) is 1. The summed E-state index contributed by atoms with van der Waals surface area (Å²) in [4.78, 5) is 42.2. The van der Waals surface area contributed by atoms with E-state index < -0.39 is 35.4 Å². The minimum atomic E-state index is -4.75. The second kappa shape index (κ2) is 10.3. The summed E-state index contributed by atoms with van der Waals surface area (Å²) in [5.41, 5.74) is -1.45. The van der Waals surface area contributed by atoms with Gasteiger partial charge in [-0.15, -0.1) is 11.3 Å². The summed E-state index contributed by atoms with van der Waals surface area (Å²) in [6, 6.07) is 0.810. The smallest absolute Gasteiger partial charge is 0.433 e. The standard InChI is InChI=1S/C21H20BrF3N4O5S/c1-5-7-34-19(31)12-10(4)15(20(32)33-6-2)35-18(12)27-17(30)14-13(22)16-26-9(3)8-11(21(23,24)25)29(16)28-14/h8H,5-7H2,1-4H3,(H,27,30). The van der Waals surface area contributed by atoms with Gasteiger partial charge in [-0.1, -0.05) is 6.92 Å². The number of amides is 1. The van der Waals surface area contributed by atoms with Crippen molar-refractivity contribution in [2.24, 2.45) is 0 Å². The van der Waals surface area contributed by atoms with Crippen LogP contribution in [-0.2, 0) is 15.7 Å². The molecule has 0 atom stereocenters. The number of esters is 2. The number of alkyl halides is 3. The fourth-order valence-corrected chi connectivity index (χ4v) is 4.73. The van der Waals surface area contributed by atoms with Crippen LogP contribution in [-0.4, -0.2) is 45.7 Å². The van der Waals surface area contributed by atoms with E-state index in [2.05, 4.69) is 31.3 Å². The second-order valence-corrected chi connectivity index (χ2v) is 9.06. The van der Waals surface area contributed by atoms with Gasteiger partial charge in [-0.2, -0.15) is 18.3 Å². The minimum absolute atomic E-state index is 0.0270. The molecule has 3 rings (SSSR count). The molecule has 0 aliphatic carbocycles. The van der Waals surface area contributed by atoms with E-state index in [4.69, 9.17) is 9.47 Å². The Balaban J connectivity index is 2.08. The molecule has 0 saturated carbocycles. The summed E-state index contributed by atoms with van der Waals surface area (Å²) >= 11 is 3.90. The first kappa shape index (κ1) is 26.6. The van der Waals surface area contributed by atoms with Crippen LogP contribution < -0.4 is 5.32 Å². The topological polar surface area (TPSA) is 112 Å². The van der Waals surface area contributed by atoms with E-state index in [1.54, 1.807) is 13.8 Å². The Morgan fingerprint density at radius 1 is 1.17 bits per heavy atom. The van der Waals surface area contributed by atoms with Crippen LogP contribution >= 0.6 is 27.3 Å². The molecule has 1 N–H and O–H groups in total. The van der Waals surface area contributed by atoms with Crippen molar-refractivity contribution in [2.75, 3.05) is 18.5 Å². The SMILES string of the molecule is CCCOC(=O)c1c(NC(=O)c2nn3c(C(F)(F)F)cc(C)nc3c2Br)sc(C(=O)OCC)c1C. The van der Waals surface area contributed by atoms with Crippen LogP contribution in [0.3, 0.4) is 0 Å². The van der Waals surface area contributed by atoms with Crippen molar-refractivity contribution >= 4 is 55.8 Å². The van der Waals surface area contributed by atoms with E-state index in [9.17, 15) is 27.6 Å². The second-order valence-electron chi connectivity index (χ2n) is 7.25. The molecule has 0 unspecified atom stereocenters. The first-order chi connectivity index (χ1) is 16.4. The number of hydrogen-bond acceptors (Lipinski definition) is 8.